The first-order valence-electron chi connectivity index (χ1n) is 5.95. The Morgan fingerprint density at radius 2 is 2.18 bits per heavy atom. The number of halogens is 3. The second-order valence-corrected chi connectivity index (χ2v) is 5.17. The van der Waals surface area contributed by atoms with Crippen molar-refractivity contribution in [2.45, 2.75) is 31.8 Å². The molecule has 1 aliphatic heterocycles. The van der Waals surface area contributed by atoms with Crippen LogP contribution in [0.1, 0.15) is 24.8 Å². The van der Waals surface area contributed by atoms with Gasteiger partial charge in [0.1, 0.15) is 5.82 Å². The molecule has 0 spiro atoms. The van der Waals surface area contributed by atoms with E-state index in [0.717, 1.165) is 18.5 Å². The highest BCUT2D eigenvalue weighted by Crippen LogP contribution is 2.25. The minimum absolute atomic E-state index is 0.242. The maximum Gasteiger partial charge on any atom is 0.142 e. The lowest BCUT2D eigenvalue weighted by molar-refractivity contribution is 0.155. The van der Waals surface area contributed by atoms with E-state index in [1.807, 2.05) is 6.07 Å². The molecule has 1 heterocycles. The van der Waals surface area contributed by atoms with Gasteiger partial charge in [-0.15, -0.1) is 11.6 Å². The Bertz CT molecular complexity index is 384. The highest BCUT2D eigenvalue weighted by atomic mass is 35.5. The van der Waals surface area contributed by atoms with Crippen LogP contribution >= 0.6 is 23.2 Å². The maximum absolute atomic E-state index is 13.3. The molecule has 0 aliphatic carbocycles. The first-order chi connectivity index (χ1) is 8.22. The molecular weight excluding hydrogens is 260 g/mol. The Morgan fingerprint density at radius 1 is 1.35 bits per heavy atom. The second-order valence-electron chi connectivity index (χ2n) is 4.49. The molecule has 1 unspecified atom stereocenters. The van der Waals surface area contributed by atoms with E-state index in [2.05, 4.69) is 4.90 Å². The fourth-order valence-electron chi connectivity index (χ4n) is 2.33. The third kappa shape index (κ3) is 3.12. The van der Waals surface area contributed by atoms with Gasteiger partial charge >= 0.3 is 0 Å². The number of hydrogen-bond donors (Lipinski definition) is 0. The van der Waals surface area contributed by atoms with E-state index in [1.54, 1.807) is 6.07 Å². The molecule has 1 aromatic carbocycles. The zero-order valence-electron chi connectivity index (χ0n) is 9.63. The van der Waals surface area contributed by atoms with Crippen LogP contribution in [-0.4, -0.2) is 23.4 Å². The zero-order valence-corrected chi connectivity index (χ0v) is 11.1. The third-order valence-electron chi connectivity index (χ3n) is 3.33. The lowest BCUT2D eigenvalue weighted by Crippen LogP contribution is -2.40. The van der Waals surface area contributed by atoms with Gasteiger partial charge < -0.3 is 0 Å². The van der Waals surface area contributed by atoms with Crippen molar-refractivity contribution in [3.63, 3.8) is 0 Å². The minimum atomic E-state index is -0.344. The molecular formula is C13H16Cl2FN. The van der Waals surface area contributed by atoms with Crippen LogP contribution in [0.2, 0.25) is 5.02 Å². The number of alkyl halides is 1. The van der Waals surface area contributed by atoms with Crippen molar-refractivity contribution in [3.8, 4) is 0 Å². The van der Waals surface area contributed by atoms with Crippen LogP contribution in [0.25, 0.3) is 0 Å². The lowest BCUT2D eigenvalue weighted by Gasteiger charge is -2.34. The van der Waals surface area contributed by atoms with Crippen LogP contribution in [0.5, 0.6) is 0 Å². The molecule has 0 aromatic heterocycles. The summed E-state index contributed by atoms with van der Waals surface area (Å²) in [5.74, 6) is 0.288. The third-order valence-corrected chi connectivity index (χ3v) is 4.11. The van der Waals surface area contributed by atoms with Crippen molar-refractivity contribution in [3.05, 3.63) is 34.6 Å². The van der Waals surface area contributed by atoms with Crippen LogP contribution < -0.4 is 0 Å². The molecule has 1 aliphatic rings. The highest BCUT2D eigenvalue weighted by molar-refractivity contribution is 6.31. The van der Waals surface area contributed by atoms with Crippen molar-refractivity contribution >= 4 is 23.2 Å². The minimum Gasteiger partial charge on any atom is -0.295 e. The Morgan fingerprint density at radius 3 is 2.94 bits per heavy atom. The fourth-order valence-corrected chi connectivity index (χ4v) is 2.87. The molecule has 0 radical (unpaired) electrons. The molecule has 0 N–H and O–H groups in total. The molecule has 1 saturated heterocycles. The summed E-state index contributed by atoms with van der Waals surface area (Å²) in [6.07, 6.45) is 3.53. The molecule has 1 nitrogen and oxygen atoms in total. The summed E-state index contributed by atoms with van der Waals surface area (Å²) >= 11 is 11.9. The summed E-state index contributed by atoms with van der Waals surface area (Å²) in [5, 5.41) is 0.242. The van der Waals surface area contributed by atoms with Gasteiger partial charge in [0.15, 0.2) is 0 Å². The maximum atomic E-state index is 13.3. The van der Waals surface area contributed by atoms with Crippen molar-refractivity contribution in [1.29, 1.82) is 0 Å². The van der Waals surface area contributed by atoms with Gasteiger partial charge in [-0.2, -0.15) is 0 Å². The summed E-state index contributed by atoms with van der Waals surface area (Å²) in [4.78, 5) is 2.30. The second kappa shape index (κ2) is 6.03. The molecule has 1 atom stereocenters. The predicted molar refractivity (Wildman–Crippen MR) is 70.2 cm³/mol. The van der Waals surface area contributed by atoms with Gasteiger partial charge in [0.2, 0.25) is 0 Å². The Hall–Kier alpha value is -0.310. The van der Waals surface area contributed by atoms with Crippen molar-refractivity contribution in [1.82, 2.24) is 4.90 Å². The molecule has 94 valence electrons. The average Bonchev–Trinajstić information content (AvgIpc) is 2.35. The highest BCUT2D eigenvalue weighted by Gasteiger charge is 2.22. The first kappa shape index (κ1) is 13.1. The zero-order chi connectivity index (χ0) is 12.3. The Labute approximate surface area is 112 Å². The van der Waals surface area contributed by atoms with Crippen molar-refractivity contribution < 1.29 is 4.39 Å². The summed E-state index contributed by atoms with van der Waals surface area (Å²) in [6, 6.07) is 5.37. The average molecular weight is 276 g/mol. The van der Waals surface area contributed by atoms with Crippen LogP contribution in [0.3, 0.4) is 0 Å². The topological polar surface area (TPSA) is 3.24 Å². The Balaban J connectivity index is 2.11. The number of likely N-dealkylation sites (tertiary alicyclic amines) is 1. The van der Waals surface area contributed by atoms with E-state index < -0.39 is 0 Å². The van der Waals surface area contributed by atoms with Crippen LogP contribution in [-0.2, 0) is 6.54 Å². The quantitative estimate of drug-likeness (QED) is 0.752. The van der Waals surface area contributed by atoms with Gasteiger partial charge in [-0.05, 0) is 31.0 Å². The normalized spacial score (nSPS) is 21.7. The largest absolute Gasteiger partial charge is 0.295 e. The SMILES string of the molecule is Fc1cccc(CN2CCCCC2CCl)c1Cl. The summed E-state index contributed by atoms with van der Waals surface area (Å²) in [6.45, 7) is 1.71. The Kier molecular flexibility index (Phi) is 4.66. The molecule has 0 saturated carbocycles. The molecule has 17 heavy (non-hydrogen) atoms. The summed E-state index contributed by atoms with van der Waals surface area (Å²) in [7, 11) is 0. The molecule has 0 amide bonds. The summed E-state index contributed by atoms with van der Waals surface area (Å²) in [5.41, 5.74) is 0.851. The van der Waals surface area contributed by atoms with Gasteiger partial charge in [0.05, 0.1) is 5.02 Å². The van der Waals surface area contributed by atoms with E-state index in [0.29, 0.717) is 18.5 Å². The number of piperidine rings is 1. The van der Waals surface area contributed by atoms with Gasteiger partial charge in [-0.25, -0.2) is 4.39 Å². The number of hydrogen-bond acceptors (Lipinski definition) is 1. The van der Waals surface area contributed by atoms with Crippen LogP contribution in [0, 0.1) is 5.82 Å². The summed E-state index contributed by atoms with van der Waals surface area (Å²) < 4.78 is 13.3. The lowest BCUT2D eigenvalue weighted by atomic mass is 10.0. The van der Waals surface area contributed by atoms with Gasteiger partial charge in [0.25, 0.3) is 0 Å². The number of nitrogens with zero attached hydrogens (tertiary/aromatic N) is 1. The first-order valence-corrected chi connectivity index (χ1v) is 6.86. The van der Waals surface area contributed by atoms with Gasteiger partial charge in [-0.3, -0.25) is 4.90 Å². The molecule has 1 fully saturated rings. The van der Waals surface area contributed by atoms with Crippen LogP contribution in [0.4, 0.5) is 4.39 Å². The van der Waals surface area contributed by atoms with Gasteiger partial charge in [0, 0.05) is 18.5 Å². The van der Waals surface area contributed by atoms with E-state index in [1.165, 1.54) is 18.9 Å². The van der Waals surface area contributed by atoms with Gasteiger partial charge in [-0.1, -0.05) is 30.2 Å². The molecule has 4 heteroatoms. The van der Waals surface area contributed by atoms with Crippen LogP contribution in [0.15, 0.2) is 18.2 Å². The monoisotopic (exact) mass is 275 g/mol. The van der Waals surface area contributed by atoms with Crippen molar-refractivity contribution in [2.75, 3.05) is 12.4 Å². The molecule has 1 aromatic rings. The smallest absolute Gasteiger partial charge is 0.142 e. The van der Waals surface area contributed by atoms with E-state index in [-0.39, 0.29) is 10.8 Å². The van der Waals surface area contributed by atoms with E-state index in [4.69, 9.17) is 23.2 Å². The van der Waals surface area contributed by atoms with E-state index in [9.17, 15) is 4.39 Å². The van der Waals surface area contributed by atoms with E-state index >= 15 is 0 Å². The predicted octanol–water partition coefficient (Wildman–Crippen LogP) is 4.07. The molecule has 0 bridgehead atoms. The number of rotatable bonds is 3. The molecule has 2 rings (SSSR count). The standard InChI is InChI=1S/C13H16Cl2FN/c14-8-11-5-1-2-7-17(11)9-10-4-3-6-12(16)13(10)15/h3-4,6,11H,1-2,5,7-9H2. The number of benzene rings is 1. The fraction of sp³-hybridized carbons (Fsp3) is 0.538. The van der Waals surface area contributed by atoms with Crippen molar-refractivity contribution in [2.24, 2.45) is 0 Å².